The summed E-state index contributed by atoms with van der Waals surface area (Å²) in [6, 6.07) is 7.47. The first-order chi connectivity index (χ1) is 16.9. The SMILES string of the molecule is CC1(C(=O)O)CCC(Oc2ccc(C(=O)NCCNC(=O)c3ccc(C(F)(F)F)cc3)cc2F)CC1. The predicted octanol–water partition coefficient (Wildman–Crippen LogP) is 4.42. The summed E-state index contributed by atoms with van der Waals surface area (Å²) in [6.45, 7) is 1.70. The highest BCUT2D eigenvalue weighted by Crippen LogP contribution is 2.38. The van der Waals surface area contributed by atoms with Crippen LogP contribution >= 0.6 is 0 Å². The van der Waals surface area contributed by atoms with E-state index in [1.807, 2.05) is 0 Å². The fourth-order valence-electron chi connectivity index (χ4n) is 3.84. The van der Waals surface area contributed by atoms with Crippen LogP contribution in [0.5, 0.6) is 5.75 Å². The van der Waals surface area contributed by atoms with Crippen LogP contribution in [-0.2, 0) is 11.0 Å². The lowest BCUT2D eigenvalue weighted by molar-refractivity contribution is -0.150. The number of amides is 2. The van der Waals surface area contributed by atoms with E-state index in [0.29, 0.717) is 25.7 Å². The van der Waals surface area contributed by atoms with E-state index in [0.717, 1.165) is 30.3 Å². The van der Waals surface area contributed by atoms with Gasteiger partial charge in [-0.25, -0.2) is 4.39 Å². The van der Waals surface area contributed by atoms with Crippen molar-refractivity contribution in [1.82, 2.24) is 10.6 Å². The Morgan fingerprint density at radius 3 is 2.00 bits per heavy atom. The fraction of sp³-hybridized carbons (Fsp3) is 0.400. The van der Waals surface area contributed by atoms with E-state index in [1.165, 1.54) is 12.1 Å². The van der Waals surface area contributed by atoms with Crippen molar-refractivity contribution >= 4 is 17.8 Å². The zero-order valence-corrected chi connectivity index (χ0v) is 19.5. The molecule has 0 radical (unpaired) electrons. The topological polar surface area (TPSA) is 105 Å². The van der Waals surface area contributed by atoms with Gasteiger partial charge in [-0.15, -0.1) is 0 Å². The standard InChI is InChI=1S/C25H26F4N2O5/c1-24(23(34)35)10-8-18(9-11-24)36-20-7-4-16(14-19(20)26)22(33)31-13-12-30-21(32)15-2-5-17(6-3-15)25(27,28)29/h2-7,14,18H,8-13H2,1H3,(H,30,32)(H,31,33)(H,34,35). The largest absolute Gasteiger partial charge is 0.487 e. The third-order valence-corrected chi connectivity index (χ3v) is 6.21. The lowest BCUT2D eigenvalue weighted by Crippen LogP contribution is -2.36. The molecule has 0 atom stereocenters. The van der Waals surface area contributed by atoms with Gasteiger partial charge in [0.25, 0.3) is 11.8 Å². The molecular weight excluding hydrogens is 484 g/mol. The van der Waals surface area contributed by atoms with E-state index in [2.05, 4.69) is 10.6 Å². The highest BCUT2D eigenvalue weighted by molar-refractivity contribution is 5.95. The van der Waals surface area contributed by atoms with Crippen molar-refractivity contribution in [3.8, 4) is 5.75 Å². The van der Waals surface area contributed by atoms with E-state index in [1.54, 1.807) is 6.92 Å². The molecule has 0 spiro atoms. The molecule has 2 amide bonds. The first-order valence-electron chi connectivity index (χ1n) is 11.3. The van der Waals surface area contributed by atoms with Gasteiger partial charge in [0.05, 0.1) is 17.1 Å². The van der Waals surface area contributed by atoms with Gasteiger partial charge in [-0.3, -0.25) is 14.4 Å². The van der Waals surface area contributed by atoms with Crippen molar-refractivity contribution in [1.29, 1.82) is 0 Å². The molecule has 0 aliphatic heterocycles. The number of hydrogen-bond donors (Lipinski definition) is 3. The van der Waals surface area contributed by atoms with Gasteiger partial charge >= 0.3 is 12.1 Å². The Morgan fingerprint density at radius 2 is 1.50 bits per heavy atom. The number of nitrogens with one attached hydrogen (secondary N) is 2. The zero-order chi connectivity index (χ0) is 26.5. The van der Waals surface area contributed by atoms with Gasteiger partial charge in [-0.2, -0.15) is 13.2 Å². The Kier molecular flexibility index (Phi) is 8.21. The first kappa shape index (κ1) is 27.0. The van der Waals surface area contributed by atoms with Crippen LogP contribution in [0.25, 0.3) is 0 Å². The van der Waals surface area contributed by atoms with Crippen molar-refractivity contribution in [2.24, 2.45) is 5.41 Å². The molecule has 1 fully saturated rings. The van der Waals surface area contributed by atoms with E-state index in [9.17, 15) is 37.1 Å². The van der Waals surface area contributed by atoms with Crippen LogP contribution in [0.1, 0.15) is 58.9 Å². The second-order valence-corrected chi connectivity index (χ2v) is 8.92. The number of alkyl halides is 3. The Hall–Kier alpha value is -3.63. The van der Waals surface area contributed by atoms with Crippen LogP contribution in [0, 0.1) is 11.2 Å². The second-order valence-electron chi connectivity index (χ2n) is 8.92. The number of ether oxygens (including phenoxy) is 1. The summed E-state index contributed by atoms with van der Waals surface area (Å²) in [7, 11) is 0. The molecule has 11 heteroatoms. The highest BCUT2D eigenvalue weighted by Gasteiger charge is 2.38. The van der Waals surface area contributed by atoms with E-state index in [-0.39, 0.29) is 36.1 Å². The quantitative estimate of drug-likeness (QED) is 0.360. The molecule has 1 saturated carbocycles. The number of aliphatic carboxylic acids is 1. The molecule has 2 aromatic rings. The molecule has 36 heavy (non-hydrogen) atoms. The van der Waals surface area contributed by atoms with E-state index >= 15 is 0 Å². The van der Waals surface area contributed by atoms with Gasteiger partial charge < -0.3 is 20.5 Å². The number of hydrogen-bond acceptors (Lipinski definition) is 4. The molecule has 3 rings (SSSR count). The average molecular weight is 510 g/mol. The molecular formula is C25H26F4N2O5. The summed E-state index contributed by atoms with van der Waals surface area (Å²) in [4.78, 5) is 35.7. The predicted molar refractivity (Wildman–Crippen MR) is 121 cm³/mol. The van der Waals surface area contributed by atoms with Gasteiger partial charge in [0.1, 0.15) is 0 Å². The fourth-order valence-corrected chi connectivity index (χ4v) is 3.84. The maximum atomic E-state index is 14.5. The maximum Gasteiger partial charge on any atom is 0.416 e. The number of carboxylic acids is 1. The third-order valence-electron chi connectivity index (χ3n) is 6.21. The summed E-state index contributed by atoms with van der Waals surface area (Å²) >= 11 is 0. The zero-order valence-electron chi connectivity index (χ0n) is 19.5. The van der Waals surface area contributed by atoms with E-state index in [4.69, 9.17) is 4.74 Å². The number of carboxylic acid groups (broad SMARTS) is 1. The summed E-state index contributed by atoms with van der Waals surface area (Å²) in [5.41, 5.74) is -1.60. The molecule has 0 heterocycles. The number of carbonyl (C=O) groups is 3. The molecule has 1 aliphatic carbocycles. The summed E-state index contributed by atoms with van der Waals surface area (Å²) in [6.07, 6.45) is -3.02. The van der Waals surface area contributed by atoms with Crippen LogP contribution < -0.4 is 15.4 Å². The van der Waals surface area contributed by atoms with E-state index < -0.39 is 40.8 Å². The van der Waals surface area contributed by atoms with Gasteiger partial charge in [0.15, 0.2) is 11.6 Å². The number of halogens is 4. The minimum absolute atomic E-state index is 0.00617. The average Bonchev–Trinajstić information content (AvgIpc) is 2.83. The smallest absolute Gasteiger partial charge is 0.416 e. The monoisotopic (exact) mass is 510 g/mol. The minimum atomic E-state index is -4.50. The van der Waals surface area contributed by atoms with Crippen LogP contribution in [-0.4, -0.2) is 42.1 Å². The molecule has 0 unspecified atom stereocenters. The van der Waals surface area contributed by atoms with Crippen LogP contribution in [0.3, 0.4) is 0 Å². The number of carbonyl (C=O) groups excluding carboxylic acids is 2. The van der Waals surface area contributed by atoms with Gasteiger partial charge in [0.2, 0.25) is 0 Å². The molecule has 0 saturated heterocycles. The van der Waals surface area contributed by atoms with Gasteiger partial charge in [0, 0.05) is 24.2 Å². The second kappa shape index (κ2) is 11.0. The Morgan fingerprint density at radius 1 is 0.972 bits per heavy atom. The van der Waals surface area contributed by atoms with Crippen LogP contribution in [0.4, 0.5) is 17.6 Å². The van der Waals surface area contributed by atoms with Crippen LogP contribution in [0.2, 0.25) is 0 Å². The number of benzene rings is 2. The first-order valence-corrected chi connectivity index (χ1v) is 11.3. The van der Waals surface area contributed by atoms with Crippen LogP contribution in [0.15, 0.2) is 42.5 Å². The van der Waals surface area contributed by atoms with Crippen molar-refractivity contribution in [2.75, 3.05) is 13.1 Å². The lowest BCUT2D eigenvalue weighted by Gasteiger charge is -2.34. The van der Waals surface area contributed by atoms with Crippen molar-refractivity contribution in [2.45, 2.75) is 44.9 Å². The molecule has 2 aromatic carbocycles. The molecule has 0 bridgehead atoms. The van der Waals surface area contributed by atoms with Crippen molar-refractivity contribution in [3.05, 3.63) is 65.0 Å². The molecule has 3 N–H and O–H groups in total. The molecule has 7 nitrogen and oxygen atoms in total. The Labute approximate surface area is 204 Å². The highest BCUT2D eigenvalue weighted by atomic mass is 19.4. The van der Waals surface area contributed by atoms with Gasteiger partial charge in [-0.05, 0) is 75.1 Å². The maximum absolute atomic E-state index is 14.5. The summed E-state index contributed by atoms with van der Waals surface area (Å²) in [5, 5.41) is 14.3. The molecule has 194 valence electrons. The summed E-state index contributed by atoms with van der Waals surface area (Å²) in [5.74, 6) is -2.80. The summed E-state index contributed by atoms with van der Waals surface area (Å²) < 4.78 is 58.0. The Balaban J connectivity index is 1.44. The Bertz CT molecular complexity index is 1110. The molecule has 1 aliphatic rings. The van der Waals surface area contributed by atoms with Crippen molar-refractivity contribution < 1.29 is 41.8 Å². The molecule has 0 aromatic heterocycles. The number of rotatable bonds is 8. The third kappa shape index (κ3) is 6.73. The van der Waals surface area contributed by atoms with Crippen molar-refractivity contribution in [3.63, 3.8) is 0 Å². The minimum Gasteiger partial charge on any atom is -0.487 e. The normalized spacial score (nSPS) is 19.9. The van der Waals surface area contributed by atoms with Gasteiger partial charge in [-0.1, -0.05) is 0 Å². The lowest BCUT2D eigenvalue weighted by atomic mass is 9.75.